The van der Waals surface area contributed by atoms with E-state index in [1.54, 1.807) is 0 Å². The van der Waals surface area contributed by atoms with Crippen LogP contribution in [0.15, 0.2) is 18.5 Å². The van der Waals surface area contributed by atoms with Gasteiger partial charge in [-0.2, -0.15) is 5.10 Å². The highest BCUT2D eigenvalue weighted by atomic mass is 15.2. The molecule has 0 radical (unpaired) electrons. The number of nitrogens with zero attached hydrogens (tertiary/aromatic N) is 4. The Labute approximate surface area is 131 Å². The number of H-pyrrole nitrogens is 1. The van der Waals surface area contributed by atoms with Crippen molar-refractivity contribution in [3.8, 4) is 0 Å². The largest absolute Gasteiger partial charge is 0.359 e. The fourth-order valence-electron chi connectivity index (χ4n) is 2.91. The molecule has 2 N–H and O–H groups in total. The number of anilines is 1. The number of aromatic nitrogens is 4. The molecule has 6 heteroatoms. The molecule has 0 spiro atoms. The van der Waals surface area contributed by atoms with Crippen molar-refractivity contribution in [2.75, 3.05) is 31.6 Å². The molecule has 0 saturated carbocycles. The molecule has 0 aliphatic carbocycles. The highest BCUT2D eigenvalue weighted by Crippen LogP contribution is 2.24. The van der Waals surface area contributed by atoms with Gasteiger partial charge in [0.2, 0.25) is 0 Å². The molecule has 2 aromatic heterocycles. The van der Waals surface area contributed by atoms with Gasteiger partial charge in [0.1, 0.15) is 11.6 Å². The van der Waals surface area contributed by atoms with Gasteiger partial charge in [-0.1, -0.05) is 0 Å². The normalized spacial score (nSPS) is 18.4. The molecule has 3 rings (SSSR count). The van der Waals surface area contributed by atoms with E-state index in [0.717, 1.165) is 37.7 Å². The second kappa shape index (κ2) is 6.87. The third-order valence-electron chi connectivity index (χ3n) is 4.24. The minimum Gasteiger partial charge on any atom is -0.359 e. The Morgan fingerprint density at radius 2 is 2.27 bits per heavy atom. The van der Waals surface area contributed by atoms with Gasteiger partial charge in [-0.25, -0.2) is 9.97 Å². The smallest absolute Gasteiger partial charge is 0.132 e. The molecule has 1 aliphatic heterocycles. The molecule has 22 heavy (non-hydrogen) atoms. The van der Waals surface area contributed by atoms with E-state index in [1.807, 2.05) is 19.3 Å². The number of aryl methyl sites for hydroxylation is 1. The summed E-state index contributed by atoms with van der Waals surface area (Å²) >= 11 is 0. The number of likely N-dealkylation sites (N-methyl/N-ethyl adjacent to an activating group) is 1. The van der Waals surface area contributed by atoms with Gasteiger partial charge >= 0.3 is 0 Å². The van der Waals surface area contributed by atoms with Crippen LogP contribution < -0.4 is 10.2 Å². The van der Waals surface area contributed by atoms with Crippen molar-refractivity contribution in [1.82, 2.24) is 25.5 Å². The van der Waals surface area contributed by atoms with Gasteiger partial charge in [0.25, 0.3) is 0 Å². The maximum atomic E-state index is 4.66. The summed E-state index contributed by atoms with van der Waals surface area (Å²) in [7, 11) is 2.09. The zero-order valence-corrected chi connectivity index (χ0v) is 13.3. The zero-order chi connectivity index (χ0) is 15.4. The van der Waals surface area contributed by atoms with Crippen LogP contribution in [-0.2, 0) is 6.42 Å². The Balaban J connectivity index is 1.70. The first-order valence-electron chi connectivity index (χ1n) is 7.97. The van der Waals surface area contributed by atoms with Crippen molar-refractivity contribution in [3.05, 3.63) is 35.5 Å². The molecule has 118 valence electrons. The van der Waals surface area contributed by atoms with Crippen LogP contribution in [0, 0.1) is 6.92 Å². The van der Waals surface area contributed by atoms with Crippen molar-refractivity contribution in [2.45, 2.75) is 32.1 Å². The lowest BCUT2D eigenvalue weighted by molar-refractivity contribution is 0.453. The molecule has 1 aliphatic rings. The molecule has 2 aromatic rings. The average molecular weight is 300 g/mol. The lowest BCUT2D eigenvalue weighted by Gasteiger charge is -2.24. The predicted octanol–water partition coefficient (Wildman–Crippen LogP) is 1.65. The fourth-order valence-corrected chi connectivity index (χ4v) is 2.91. The van der Waals surface area contributed by atoms with E-state index in [-0.39, 0.29) is 0 Å². The van der Waals surface area contributed by atoms with E-state index in [4.69, 9.17) is 0 Å². The Morgan fingerprint density at radius 3 is 3.00 bits per heavy atom. The summed E-state index contributed by atoms with van der Waals surface area (Å²) < 4.78 is 0. The third-order valence-corrected chi connectivity index (χ3v) is 4.24. The van der Waals surface area contributed by atoms with E-state index in [9.17, 15) is 0 Å². The van der Waals surface area contributed by atoms with E-state index >= 15 is 0 Å². The van der Waals surface area contributed by atoms with E-state index in [2.05, 4.69) is 43.5 Å². The summed E-state index contributed by atoms with van der Waals surface area (Å²) in [6.45, 7) is 5.04. The molecule has 3 heterocycles. The Morgan fingerprint density at radius 1 is 1.36 bits per heavy atom. The van der Waals surface area contributed by atoms with Crippen LogP contribution in [0.1, 0.15) is 35.8 Å². The minimum atomic E-state index is 0.511. The first-order chi connectivity index (χ1) is 10.7. The molecule has 6 nitrogen and oxygen atoms in total. The molecule has 0 bridgehead atoms. The first-order valence-corrected chi connectivity index (χ1v) is 7.97. The Hall–Kier alpha value is -1.95. The highest BCUT2D eigenvalue weighted by Gasteiger charge is 2.18. The van der Waals surface area contributed by atoms with Crippen LogP contribution >= 0.6 is 0 Å². The fraction of sp³-hybridized carbons (Fsp3) is 0.562. The highest BCUT2D eigenvalue weighted by molar-refractivity contribution is 5.40. The molecule has 0 aromatic carbocycles. The van der Waals surface area contributed by atoms with E-state index in [1.165, 1.54) is 24.1 Å². The molecule has 0 unspecified atom stereocenters. The first kappa shape index (κ1) is 15.0. The lowest BCUT2D eigenvalue weighted by atomic mass is 9.96. The van der Waals surface area contributed by atoms with Gasteiger partial charge in [0.05, 0.1) is 11.9 Å². The zero-order valence-electron chi connectivity index (χ0n) is 13.3. The maximum Gasteiger partial charge on any atom is 0.132 e. The predicted molar refractivity (Wildman–Crippen MR) is 87.2 cm³/mol. The number of piperidine rings is 1. The van der Waals surface area contributed by atoms with Gasteiger partial charge in [0.15, 0.2) is 0 Å². The second-order valence-electron chi connectivity index (χ2n) is 6.02. The average Bonchev–Trinajstić information content (AvgIpc) is 3.06. The molecule has 1 atom stereocenters. The third kappa shape index (κ3) is 3.62. The second-order valence-corrected chi connectivity index (χ2v) is 6.02. The molecule has 1 fully saturated rings. The van der Waals surface area contributed by atoms with Crippen molar-refractivity contribution in [3.63, 3.8) is 0 Å². The topological polar surface area (TPSA) is 69.7 Å². The minimum absolute atomic E-state index is 0.511. The number of hydrogen-bond donors (Lipinski definition) is 2. The van der Waals surface area contributed by atoms with Gasteiger partial charge < -0.3 is 10.2 Å². The monoisotopic (exact) mass is 300 g/mol. The standard InChI is InChI=1S/C16H24N6/c1-12-20-15(14-4-3-6-17-11-14)8-16(21-12)22(2)7-5-13-9-18-19-10-13/h8-10,14,17H,3-7,11H2,1-2H3,(H,18,19)/t14-/m1/s1. The van der Waals surface area contributed by atoms with Gasteiger partial charge in [-0.15, -0.1) is 0 Å². The van der Waals surface area contributed by atoms with Gasteiger partial charge in [0, 0.05) is 38.3 Å². The van der Waals surface area contributed by atoms with Crippen LogP contribution in [0.2, 0.25) is 0 Å². The van der Waals surface area contributed by atoms with E-state index < -0.39 is 0 Å². The van der Waals surface area contributed by atoms with Gasteiger partial charge in [-0.3, -0.25) is 5.10 Å². The Kier molecular flexibility index (Phi) is 4.68. The number of nitrogens with one attached hydrogen (secondary N) is 2. The molecular weight excluding hydrogens is 276 g/mol. The van der Waals surface area contributed by atoms with Crippen molar-refractivity contribution in [2.24, 2.45) is 0 Å². The molecule has 1 saturated heterocycles. The molecular formula is C16H24N6. The van der Waals surface area contributed by atoms with Crippen molar-refractivity contribution >= 4 is 5.82 Å². The summed E-state index contributed by atoms with van der Waals surface area (Å²) in [6.07, 6.45) is 7.20. The van der Waals surface area contributed by atoms with Crippen molar-refractivity contribution in [1.29, 1.82) is 0 Å². The maximum absolute atomic E-state index is 4.66. The number of rotatable bonds is 5. The summed E-state index contributed by atoms with van der Waals surface area (Å²) in [5.74, 6) is 2.38. The number of aromatic amines is 1. The van der Waals surface area contributed by atoms with Crippen LogP contribution in [0.5, 0.6) is 0 Å². The quantitative estimate of drug-likeness (QED) is 0.879. The SMILES string of the molecule is Cc1nc([C@@H]2CCCNC2)cc(N(C)CCc2cn[nH]c2)n1. The molecule has 0 amide bonds. The Bertz CT molecular complexity index is 589. The summed E-state index contributed by atoms with van der Waals surface area (Å²) in [6, 6.07) is 2.15. The summed E-state index contributed by atoms with van der Waals surface area (Å²) in [5.41, 5.74) is 2.39. The van der Waals surface area contributed by atoms with Crippen LogP contribution in [0.4, 0.5) is 5.82 Å². The van der Waals surface area contributed by atoms with Crippen LogP contribution in [0.25, 0.3) is 0 Å². The lowest BCUT2D eigenvalue weighted by Crippen LogP contribution is -2.29. The summed E-state index contributed by atoms with van der Waals surface area (Å²) in [5, 5.41) is 10.3. The van der Waals surface area contributed by atoms with Gasteiger partial charge in [-0.05, 0) is 38.3 Å². The number of hydrogen-bond acceptors (Lipinski definition) is 5. The van der Waals surface area contributed by atoms with Crippen molar-refractivity contribution < 1.29 is 0 Å². The van der Waals surface area contributed by atoms with Crippen LogP contribution in [-0.4, -0.2) is 46.8 Å². The van der Waals surface area contributed by atoms with E-state index in [0.29, 0.717) is 5.92 Å². The van der Waals surface area contributed by atoms with Crippen LogP contribution in [0.3, 0.4) is 0 Å². The summed E-state index contributed by atoms with van der Waals surface area (Å²) in [4.78, 5) is 11.5.